The molecule has 0 spiro atoms. The summed E-state index contributed by atoms with van der Waals surface area (Å²) in [5.41, 5.74) is 6.74. The third kappa shape index (κ3) is 2.69. The molecule has 2 aromatic rings. The van der Waals surface area contributed by atoms with Crippen molar-refractivity contribution in [3.8, 4) is 11.3 Å². The maximum atomic E-state index is 11.9. The van der Waals surface area contributed by atoms with Crippen LogP contribution in [0.2, 0.25) is 0 Å². The summed E-state index contributed by atoms with van der Waals surface area (Å²) in [7, 11) is 0. The minimum absolute atomic E-state index is 0.113. The maximum absolute atomic E-state index is 11.9. The van der Waals surface area contributed by atoms with Crippen LogP contribution in [-0.2, 0) is 9.59 Å². The van der Waals surface area contributed by atoms with Crippen molar-refractivity contribution in [3.63, 3.8) is 0 Å². The summed E-state index contributed by atoms with van der Waals surface area (Å²) in [5.74, 6) is -0.802. The van der Waals surface area contributed by atoms with E-state index < -0.39 is 11.8 Å². The van der Waals surface area contributed by atoms with Gasteiger partial charge in [-0.2, -0.15) is 0 Å². The van der Waals surface area contributed by atoms with Crippen molar-refractivity contribution in [2.75, 3.05) is 11.4 Å². The largest absolute Gasteiger partial charge is 0.369 e. The van der Waals surface area contributed by atoms with E-state index in [-0.39, 0.29) is 18.9 Å². The van der Waals surface area contributed by atoms with Crippen molar-refractivity contribution in [2.45, 2.75) is 6.42 Å². The van der Waals surface area contributed by atoms with Crippen LogP contribution in [0.25, 0.3) is 11.3 Å². The van der Waals surface area contributed by atoms with E-state index in [9.17, 15) is 9.59 Å². The molecule has 21 heavy (non-hydrogen) atoms. The lowest BCUT2D eigenvalue weighted by Gasteiger charge is -2.10. The second-order valence-electron chi connectivity index (χ2n) is 4.87. The predicted octanol–water partition coefficient (Wildman–Crippen LogP) is 1.94. The van der Waals surface area contributed by atoms with Crippen molar-refractivity contribution in [1.29, 1.82) is 0 Å². The van der Waals surface area contributed by atoms with Crippen molar-refractivity contribution in [3.05, 3.63) is 34.8 Å². The first-order chi connectivity index (χ1) is 10.0. The van der Waals surface area contributed by atoms with Crippen LogP contribution in [0, 0.1) is 5.92 Å². The normalized spacial score (nSPS) is 18.2. The fourth-order valence-corrected chi connectivity index (χ4v) is 2.69. The molecule has 108 valence electrons. The van der Waals surface area contributed by atoms with Crippen LogP contribution < -0.4 is 10.6 Å². The first-order valence-corrected chi connectivity index (χ1v) is 7.16. The van der Waals surface area contributed by atoms with Crippen LogP contribution >= 0.6 is 15.9 Å². The summed E-state index contributed by atoms with van der Waals surface area (Å²) in [5, 5.41) is 3.97. The Morgan fingerprint density at radius 1 is 1.43 bits per heavy atom. The zero-order valence-corrected chi connectivity index (χ0v) is 12.5. The summed E-state index contributed by atoms with van der Waals surface area (Å²) in [6.07, 6.45) is 0.113. The lowest BCUT2D eigenvalue weighted by Crippen LogP contribution is -2.28. The Balaban J connectivity index is 1.86. The van der Waals surface area contributed by atoms with Gasteiger partial charge < -0.3 is 10.3 Å². The molecule has 1 fully saturated rings. The minimum atomic E-state index is -0.475. The number of nitrogens with zero attached hydrogens (tertiary/aromatic N) is 2. The highest BCUT2D eigenvalue weighted by atomic mass is 79.9. The van der Waals surface area contributed by atoms with Gasteiger partial charge in [-0.3, -0.25) is 14.5 Å². The first-order valence-electron chi connectivity index (χ1n) is 6.37. The van der Waals surface area contributed by atoms with Gasteiger partial charge in [0.25, 0.3) is 0 Å². The van der Waals surface area contributed by atoms with Crippen LogP contribution in [0.4, 0.5) is 5.88 Å². The molecule has 0 saturated carbocycles. The van der Waals surface area contributed by atoms with Crippen LogP contribution in [-0.4, -0.2) is 23.5 Å². The van der Waals surface area contributed by atoms with Gasteiger partial charge in [-0.15, -0.1) is 0 Å². The number of primary amides is 1. The summed E-state index contributed by atoms with van der Waals surface area (Å²) in [4.78, 5) is 24.5. The second-order valence-corrected chi connectivity index (χ2v) is 5.78. The van der Waals surface area contributed by atoms with Crippen LogP contribution in [0.3, 0.4) is 0 Å². The van der Waals surface area contributed by atoms with Crippen molar-refractivity contribution < 1.29 is 14.1 Å². The van der Waals surface area contributed by atoms with Crippen molar-refractivity contribution >= 4 is 33.6 Å². The lowest BCUT2D eigenvalue weighted by molar-refractivity contribution is -0.123. The maximum Gasteiger partial charge on any atom is 0.234 e. The minimum Gasteiger partial charge on any atom is -0.369 e. The number of amides is 2. The monoisotopic (exact) mass is 349 g/mol. The molecule has 0 aliphatic carbocycles. The molecule has 1 aromatic carbocycles. The van der Waals surface area contributed by atoms with Crippen molar-refractivity contribution in [2.24, 2.45) is 11.7 Å². The van der Waals surface area contributed by atoms with Gasteiger partial charge in [-0.25, -0.2) is 0 Å². The zero-order valence-electron chi connectivity index (χ0n) is 11.0. The Morgan fingerprint density at radius 2 is 2.24 bits per heavy atom. The second kappa shape index (κ2) is 5.33. The Bertz CT molecular complexity index is 713. The number of carbonyl (C=O) groups excluding carboxylic acids is 2. The SMILES string of the molecule is NC(=O)C1CC(=O)N(c2cc(-c3cccc(Br)c3)no2)C1. The number of hydrogen-bond donors (Lipinski definition) is 1. The van der Waals surface area contributed by atoms with Gasteiger partial charge in [0.15, 0.2) is 0 Å². The third-order valence-corrected chi connectivity index (χ3v) is 3.90. The van der Waals surface area contributed by atoms with Gasteiger partial charge in [0.05, 0.1) is 5.92 Å². The van der Waals surface area contributed by atoms with E-state index in [0.29, 0.717) is 11.6 Å². The van der Waals surface area contributed by atoms with Crippen LogP contribution in [0.1, 0.15) is 6.42 Å². The van der Waals surface area contributed by atoms with Gasteiger partial charge in [0.1, 0.15) is 5.69 Å². The highest BCUT2D eigenvalue weighted by molar-refractivity contribution is 9.10. The standard InChI is InChI=1S/C14H12BrN3O3/c15-10-3-1-2-8(4-10)11-6-13(21-17-11)18-7-9(14(16)20)5-12(18)19/h1-4,6,9H,5,7H2,(H2,16,20). The molecule has 1 atom stereocenters. The fourth-order valence-electron chi connectivity index (χ4n) is 2.29. The Labute approximate surface area is 129 Å². The molecule has 6 nitrogen and oxygen atoms in total. The topological polar surface area (TPSA) is 89.4 Å². The third-order valence-electron chi connectivity index (χ3n) is 3.41. The van der Waals surface area contributed by atoms with Gasteiger partial charge >= 0.3 is 0 Å². The molecule has 0 radical (unpaired) electrons. The number of hydrogen-bond acceptors (Lipinski definition) is 4. The number of carbonyl (C=O) groups is 2. The van der Waals surface area contributed by atoms with E-state index in [0.717, 1.165) is 10.0 Å². The lowest BCUT2D eigenvalue weighted by atomic mass is 10.1. The quantitative estimate of drug-likeness (QED) is 0.916. The molecule has 1 aliphatic heterocycles. The Morgan fingerprint density at radius 3 is 2.90 bits per heavy atom. The molecule has 1 aliphatic rings. The molecular weight excluding hydrogens is 338 g/mol. The molecule has 3 rings (SSSR count). The van der Waals surface area contributed by atoms with E-state index in [4.69, 9.17) is 10.3 Å². The van der Waals surface area contributed by atoms with Crippen LogP contribution in [0.5, 0.6) is 0 Å². The van der Waals surface area contributed by atoms with Crippen LogP contribution in [0.15, 0.2) is 39.3 Å². The molecule has 1 aromatic heterocycles. The number of halogens is 1. The van der Waals surface area contributed by atoms with E-state index >= 15 is 0 Å². The van der Waals surface area contributed by atoms with Crippen molar-refractivity contribution in [1.82, 2.24) is 5.16 Å². The summed E-state index contributed by atoms with van der Waals surface area (Å²) < 4.78 is 6.16. The molecule has 7 heteroatoms. The Hall–Kier alpha value is -2.15. The van der Waals surface area contributed by atoms with Gasteiger partial charge in [-0.1, -0.05) is 33.2 Å². The predicted molar refractivity (Wildman–Crippen MR) is 79.3 cm³/mol. The van der Waals surface area contributed by atoms with E-state index in [1.165, 1.54) is 4.90 Å². The highest BCUT2D eigenvalue weighted by Gasteiger charge is 2.35. The van der Waals surface area contributed by atoms with Gasteiger partial charge in [-0.05, 0) is 12.1 Å². The zero-order chi connectivity index (χ0) is 15.0. The summed E-state index contributed by atoms with van der Waals surface area (Å²) >= 11 is 3.39. The summed E-state index contributed by atoms with van der Waals surface area (Å²) in [6, 6.07) is 9.27. The number of nitrogens with two attached hydrogens (primary N) is 1. The molecule has 1 saturated heterocycles. The van der Waals surface area contributed by atoms with E-state index in [1.807, 2.05) is 24.3 Å². The Kier molecular flexibility index (Phi) is 3.50. The highest BCUT2D eigenvalue weighted by Crippen LogP contribution is 2.29. The van der Waals surface area contributed by atoms with E-state index in [2.05, 4.69) is 21.1 Å². The smallest absolute Gasteiger partial charge is 0.234 e. The fraction of sp³-hybridized carbons (Fsp3) is 0.214. The average Bonchev–Trinajstić information content (AvgIpc) is 3.05. The van der Waals surface area contributed by atoms with E-state index in [1.54, 1.807) is 6.07 Å². The molecule has 2 amide bonds. The van der Waals surface area contributed by atoms with Gasteiger partial charge in [0, 0.05) is 29.1 Å². The molecular formula is C14H12BrN3O3. The molecule has 0 bridgehead atoms. The number of benzene rings is 1. The molecule has 1 unspecified atom stereocenters. The first kappa shape index (κ1) is 13.8. The number of rotatable bonds is 3. The molecule has 2 heterocycles. The van der Waals surface area contributed by atoms with Gasteiger partial charge in [0.2, 0.25) is 17.7 Å². The summed E-state index contributed by atoms with van der Waals surface area (Å²) in [6.45, 7) is 0.237. The number of anilines is 1. The average molecular weight is 350 g/mol. The number of aromatic nitrogens is 1. The molecule has 2 N–H and O–H groups in total.